The maximum atomic E-state index is 5.97. The molecule has 0 amide bonds. The highest BCUT2D eigenvalue weighted by molar-refractivity contribution is 4.86. The molecule has 0 saturated carbocycles. The van der Waals surface area contributed by atoms with E-state index in [1.54, 1.807) is 0 Å². The van der Waals surface area contributed by atoms with Crippen molar-refractivity contribution in [3.63, 3.8) is 0 Å². The molecule has 0 aliphatic carbocycles. The summed E-state index contributed by atoms with van der Waals surface area (Å²) in [6.07, 6.45) is 4.75. The molecule has 3 nitrogen and oxygen atoms in total. The van der Waals surface area contributed by atoms with Gasteiger partial charge in [0.25, 0.3) is 0 Å². The lowest BCUT2D eigenvalue weighted by molar-refractivity contribution is 0.00610. The predicted octanol–water partition coefficient (Wildman–Crippen LogP) is 0.977. The second kappa shape index (κ2) is 4.60. The van der Waals surface area contributed by atoms with Crippen molar-refractivity contribution >= 4 is 0 Å². The van der Waals surface area contributed by atoms with Gasteiger partial charge in [-0.15, -0.1) is 0 Å². The minimum absolute atomic E-state index is 0.432. The van der Waals surface area contributed by atoms with Crippen LogP contribution in [-0.4, -0.2) is 42.8 Å². The van der Waals surface area contributed by atoms with Crippen LogP contribution in [0.25, 0.3) is 0 Å². The first kappa shape index (κ1) is 10.4. The topological polar surface area (TPSA) is 38.5 Å². The fourth-order valence-corrected chi connectivity index (χ4v) is 2.79. The Labute approximate surface area is 86.6 Å². The number of ether oxygens (including phenoxy) is 1. The molecule has 0 radical (unpaired) electrons. The number of nitrogens with zero attached hydrogens (tertiary/aromatic N) is 1. The molecule has 2 aliphatic heterocycles. The fourth-order valence-electron chi connectivity index (χ4n) is 2.79. The Morgan fingerprint density at radius 2 is 1.93 bits per heavy atom. The van der Waals surface area contributed by atoms with Crippen LogP contribution in [0, 0.1) is 0 Å². The number of hydrogen-bond donors (Lipinski definition) is 1. The van der Waals surface area contributed by atoms with Crippen molar-refractivity contribution in [1.29, 1.82) is 0 Å². The van der Waals surface area contributed by atoms with Crippen LogP contribution >= 0.6 is 0 Å². The molecule has 82 valence electrons. The van der Waals surface area contributed by atoms with Crippen LogP contribution in [0.3, 0.4) is 0 Å². The summed E-state index contributed by atoms with van der Waals surface area (Å²) in [4.78, 5) is 2.64. The average Bonchev–Trinajstić information content (AvgIpc) is 2.19. The number of likely N-dealkylation sites (tertiary alicyclic amines) is 1. The molecule has 0 unspecified atom stereocenters. The largest absolute Gasteiger partial charge is 0.381 e. The lowest BCUT2D eigenvalue weighted by atomic mass is 9.95. The number of nitrogens with two attached hydrogens (primary N) is 1. The van der Waals surface area contributed by atoms with Crippen molar-refractivity contribution in [2.75, 3.05) is 19.8 Å². The Morgan fingerprint density at radius 1 is 1.21 bits per heavy atom. The summed E-state index contributed by atoms with van der Waals surface area (Å²) >= 11 is 0. The SMILES string of the molecule is C[C@@H]1C[C@@H](N)CCN1C1CCOCC1. The van der Waals surface area contributed by atoms with E-state index in [0.29, 0.717) is 12.1 Å². The maximum absolute atomic E-state index is 5.97. The van der Waals surface area contributed by atoms with E-state index >= 15 is 0 Å². The van der Waals surface area contributed by atoms with E-state index in [-0.39, 0.29) is 0 Å². The zero-order valence-corrected chi connectivity index (χ0v) is 9.11. The first-order chi connectivity index (χ1) is 6.77. The molecule has 14 heavy (non-hydrogen) atoms. The van der Waals surface area contributed by atoms with Gasteiger partial charge < -0.3 is 10.5 Å². The van der Waals surface area contributed by atoms with Gasteiger partial charge in [0.05, 0.1) is 0 Å². The quantitative estimate of drug-likeness (QED) is 0.682. The van der Waals surface area contributed by atoms with E-state index < -0.39 is 0 Å². The molecule has 0 aromatic heterocycles. The maximum Gasteiger partial charge on any atom is 0.0480 e. The smallest absolute Gasteiger partial charge is 0.0480 e. The Hall–Kier alpha value is -0.120. The standard InChI is InChI=1S/C11H22N2O/c1-9-8-10(12)2-5-13(9)11-3-6-14-7-4-11/h9-11H,2-8,12H2,1H3/t9-,10+/m1/s1. The Bertz CT molecular complexity index is 180. The number of hydrogen-bond acceptors (Lipinski definition) is 3. The van der Waals surface area contributed by atoms with E-state index in [0.717, 1.165) is 25.7 Å². The summed E-state index contributed by atoms with van der Waals surface area (Å²) in [5, 5.41) is 0. The highest BCUT2D eigenvalue weighted by Gasteiger charge is 2.29. The van der Waals surface area contributed by atoms with Crippen molar-refractivity contribution in [1.82, 2.24) is 4.90 Å². The first-order valence-electron chi connectivity index (χ1n) is 5.86. The minimum atomic E-state index is 0.432. The molecule has 3 heteroatoms. The van der Waals surface area contributed by atoms with E-state index in [2.05, 4.69) is 11.8 Å². The molecule has 0 aromatic carbocycles. The summed E-state index contributed by atoms with van der Waals surface area (Å²) in [7, 11) is 0. The molecule has 2 N–H and O–H groups in total. The van der Waals surface area contributed by atoms with Crippen molar-refractivity contribution < 1.29 is 4.74 Å². The van der Waals surface area contributed by atoms with E-state index in [9.17, 15) is 0 Å². The zero-order chi connectivity index (χ0) is 9.97. The van der Waals surface area contributed by atoms with Gasteiger partial charge in [0, 0.05) is 37.9 Å². The van der Waals surface area contributed by atoms with Gasteiger partial charge >= 0.3 is 0 Å². The molecule has 2 atom stereocenters. The normalized spacial score (nSPS) is 37.3. The summed E-state index contributed by atoms with van der Waals surface area (Å²) < 4.78 is 5.40. The lowest BCUT2D eigenvalue weighted by Gasteiger charge is -2.43. The average molecular weight is 198 g/mol. The molecule has 2 rings (SSSR count). The molecule has 2 heterocycles. The summed E-state index contributed by atoms with van der Waals surface area (Å²) in [5.41, 5.74) is 5.97. The van der Waals surface area contributed by atoms with Crippen molar-refractivity contribution in [2.24, 2.45) is 5.73 Å². The van der Waals surface area contributed by atoms with E-state index in [4.69, 9.17) is 10.5 Å². The Morgan fingerprint density at radius 3 is 2.57 bits per heavy atom. The van der Waals surface area contributed by atoms with Crippen LogP contribution < -0.4 is 5.73 Å². The van der Waals surface area contributed by atoms with Crippen LogP contribution in [0.5, 0.6) is 0 Å². The van der Waals surface area contributed by atoms with Crippen LogP contribution in [0.15, 0.2) is 0 Å². The van der Waals surface area contributed by atoms with Gasteiger partial charge in [-0.2, -0.15) is 0 Å². The molecule has 2 aliphatic rings. The molecule has 0 spiro atoms. The van der Waals surface area contributed by atoms with Crippen LogP contribution in [0.2, 0.25) is 0 Å². The Balaban J connectivity index is 1.89. The molecule has 2 saturated heterocycles. The third-order valence-electron chi connectivity index (χ3n) is 3.63. The first-order valence-corrected chi connectivity index (χ1v) is 5.86. The summed E-state index contributed by atoms with van der Waals surface area (Å²) in [5.74, 6) is 0. The second-order valence-corrected chi connectivity index (χ2v) is 4.71. The van der Waals surface area contributed by atoms with Gasteiger partial charge in [-0.25, -0.2) is 0 Å². The Kier molecular flexibility index (Phi) is 3.42. The molecule has 0 aromatic rings. The number of piperidine rings is 1. The van der Waals surface area contributed by atoms with Gasteiger partial charge in [-0.3, -0.25) is 4.90 Å². The van der Waals surface area contributed by atoms with Gasteiger partial charge in [0.2, 0.25) is 0 Å². The minimum Gasteiger partial charge on any atom is -0.381 e. The van der Waals surface area contributed by atoms with Gasteiger partial charge in [0.15, 0.2) is 0 Å². The van der Waals surface area contributed by atoms with Crippen LogP contribution in [0.4, 0.5) is 0 Å². The van der Waals surface area contributed by atoms with E-state index in [1.807, 2.05) is 0 Å². The van der Waals surface area contributed by atoms with Crippen molar-refractivity contribution in [3.05, 3.63) is 0 Å². The van der Waals surface area contributed by atoms with Gasteiger partial charge in [-0.05, 0) is 32.6 Å². The monoisotopic (exact) mass is 198 g/mol. The van der Waals surface area contributed by atoms with Crippen molar-refractivity contribution in [3.8, 4) is 0 Å². The van der Waals surface area contributed by atoms with E-state index in [1.165, 1.54) is 25.8 Å². The highest BCUT2D eigenvalue weighted by atomic mass is 16.5. The molecule has 0 bridgehead atoms. The zero-order valence-electron chi connectivity index (χ0n) is 9.11. The molecular weight excluding hydrogens is 176 g/mol. The van der Waals surface area contributed by atoms with Gasteiger partial charge in [0.1, 0.15) is 0 Å². The summed E-state index contributed by atoms with van der Waals surface area (Å²) in [6.45, 7) is 5.39. The van der Waals surface area contributed by atoms with Crippen molar-refractivity contribution in [2.45, 2.75) is 50.7 Å². The molecular formula is C11H22N2O. The number of rotatable bonds is 1. The third kappa shape index (κ3) is 2.27. The van der Waals surface area contributed by atoms with Gasteiger partial charge in [-0.1, -0.05) is 0 Å². The summed E-state index contributed by atoms with van der Waals surface area (Å²) in [6, 6.07) is 1.86. The molecule has 2 fully saturated rings. The third-order valence-corrected chi connectivity index (χ3v) is 3.63. The second-order valence-electron chi connectivity index (χ2n) is 4.71. The fraction of sp³-hybridized carbons (Fsp3) is 1.00. The van der Waals surface area contributed by atoms with Crippen LogP contribution in [0.1, 0.15) is 32.6 Å². The predicted molar refractivity (Wildman–Crippen MR) is 57.2 cm³/mol. The van der Waals surface area contributed by atoms with Crippen LogP contribution in [-0.2, 0) is 4.74 Å². The lowest BCUT2D eigenvalue weighted by Crippen LogP contribution is -2.51. The highest BCUT2D eigenvalue weighted by Crippen LogP contribution is 2.23.